The summed E-state index contributed by atoms with van der Waals surface area (Å²) in [5.74, 6) is 0.560. The highest BCUT2D eigenvalue weighted by Crippen LogP contribution is 2.10. The second-order valence-electron chi connectivity index (χ2n) is 6.69. The largest absolute Gasteiger partial charge is 0.357 e. The van der Waals surface area contributed by atoms with Gasteiger partial charge in [-0.25, -0.2) is 14.4 Å². The predicted octanol–water partition coefficient (Wildman–Crippen LogP) is 3.63. The van der Waals surface area contributed by atoms with Crippen LogP contribution in [-0.4, -0.2) is 22.1 Å². The van der Waals surface area contributed by atoms with Crippen molar-refractivity contribution in [3.63, 3.8) is 0 Å². The van der Waals surface area contributed by atoms with Crippen molar-refractivity contribution in [1.82, 2.24) is 20.2 Å². The number of hydrogen-bond donors (Lipinski definition) is 2. The van der Waals surface area contributed by atoms with Gasteiger partial charge in [0.25, 0.3) is 0 Å². The second kappa shape index (κ2) is 9.69. The molecule has 0 unspecified atom stereocenters. The summed E-state index contributed by atoms with van der Waals surface area (Å²) in [5.41, 5.74) is 4.03. The van der Waals surface area contributed by atoms with E-state index in [1.54, 1.807) is 19.2 Å². The van der Waals surface area contributed by atoms with Crippen LogP contribution in [0.1, 0.15) is 29.2 Å². The van der Waals surface area contributed by atoms with Crippen molar-refractivity contribution in [2.45, 2.75) is 33.5 Å². The quantitative estimate of drug-likeness (QED) is 0.487. The van der Waals surface area contributed by atoms with E-state index in [0.717, 1.165) is 30.2 Å². The van der Waals surface area contributed by atoms with Crippen molar-refractivity contribution in [1.29, 1.82) is 0 Å². The van der Waals surface area contributed by atoms with E-state index < -0.39 is 0 Å². The summed E-state index contributed by atoms with van der Waals surface area (Å²) >= 11 is 0. The Morgan fingerprint density at radius 1 is 1.11 bits per heavy atom. The molecule has 0 aliphatic carbocycles. The average Bonchev–Trinajstić information content (AvgIpc) is 3.20. The van der Waals surface area contributed by atoms with E-state index in [2.05, 4.69) is 44.9 Å². The lowest BCUT2D eigenvalue weighted by Crippen LogP contribution is -2.36. The van der Waals surface area contributed by atoms with E-state index >= 15 is 0 Å². The summed E-state index contributed by atoms with van der Waals surface area (Å²) in [6, 6.07) is 13.5. The minimum atomic E-state index is -0.181. The fourth-order valence-electron chi connectivity index (χ4n) is 2.93. The molecule has 0 bridgehead atoms. The molecule has 0 spiro atoms. The molecular formula is C22H26FN5. The van der Waals surface area contributed by atoms with E-state index in [1.165, 1.54) is 11.6 Å². The minimum Gasteiger partial charge on any atom is -0.357 e. The van der Waals surface area contributed by atoms with Gasteiger partial charge in [0, 0.05) is 32.0 Å². The monoisotopic (exact) mass is 379 g/mol. The van der Waals surface area contributed by atoms with Crippen molar-refractivity contribution in [3.8, 4) is 0 Å². The van der Waals surface area contributed by atoms with Crippen molar-refractivity contribution in [3.05, 3.63) is 89.3 Å². The van der Waals surface area contributed by atoms with Crippen molar-refractivity contribution >= 4 is 5.96 Å². The van der Waals surface area contributed by atoms with Gasteiger partial charge >= 0.3 is 0 Å². The van der Waals surface area contributed by atoms with Gasteiger partial charge in [0.05, 0.1) is 12.9 Å². The molecule has 3 rings (SSSR count). The highest BCUT2D eigenvalue weighted by atomic mass is 19.1. The first-order valence-corrected chi connectivity index (χ1v) is 9.45. The molecule has 1 aromatic heterocycles. The molecule has 0 radical (unpaired) electrons. The van der Waals surface area contributed by atoms with Crippen LogP contribution in [0.5, 0.6) is 0 Å². The summed E-state index contributed by atoms with van der Waals surface area (Å²) in [6.07, 6.45) is 5.55. The molecule has 146 valence electrons. The van der Waals surface area contributed by atoms with Crippen LogP contribution in [-0.2, 0) is 19.6 Å². The zero-order valence-corrected chi connectivity index (χ0v) is 16.3. The Balaban J connectivity index is 1.62. The first kappa shape index (κ1) is 19.6. The molecule has 1 heterocycles. The summed E-state index contributed by atoms with van der Waals surface area (Å²) in [4.78, 5) is 8.76. The first-order valence-electron chi connectivity index (χ1n) is 9.45. The van der Waals surface area contributed by atoms with Gasteiger partial charge in [-0.05, 0) is 42.2 Å². The van der Waals surface area contributed by atoms with Gasteiger partial charge < -0.3 is 15.2 Å². The Kier molecular flexibility index (Phi) is 6.78. The number of guanidine groups is 1. The van der Waals surface area contributed by atoms with E-state index in [0.29, 0.717) is 18.7 Å². The van der Waals surface area contributed by atoms with Gasteiger partial charge in [0.15, 0.2) is 5.96 Å². The smallest absolute Gasteiger partial charge is 0.191 e. The molecule has 0 saturated carbocycles. The van der Waals surface area contributed by atoms with Crippen molar-refractivity contribution < 1.29 is 4.39 Å². The summed E-state index contributed by atoms with van der Waals surface area (Å²) in [6.45, 7) is 6.54. The van der Waals surface area contributed by atoms with Gasteiger partial charge in [0.1, 0.15) is 5.82 Å². The van der Waals surface area contributed by atoms with E-state index in [1.807, 2.05) is 30.1 Å². The van der Waals surface area contributed by atoms with Crippen molar-refractivity contribution in [2.75, 3.05) is 6.54 Å². The van der Waals surface area contributed by atoms with Crippen LogP contribution >= 0.6 is 0 Å². The highest BCUT2D eigenvalue weighted by molar-refractivity contribution is 5.79. The lowest BCUT2D eigenvalue weighted by molar-refractivity contribution is 0.617. The number of nitrogens with one attached hydrogen (secondary N) is 2. The lowest BCUT2D eigenvalue weighted by atomic mass is 10.1. The molecule has 0 aliphatic rings. The summed E-state index contributed by atoms with van der Waals surface area (Å²) in [7, 11) is 0. The average molecular weight is 379 g/mol. The Morgan fingerprint density at radius 3 is 2.71 bits per heavy atom. The number of aryl methyl sites for hydroxylation is 1. The maximum absolute atomic E-state index is 13.4. The number of rotatable bonds is 7. The number of aromatic nitrogens is 2. The molecule has 6 heteroatoms. The number of aliphatic imine (C=N–C) groups is 1. The molecule has 0 saturated heterocycles. The Bertz CT molecular complexity index is 918. The zero-order chi connectivity index (χ0) is 19.8. The second-order valence-corrected chi connectivity index (χ2v) is 6.69. The molecule has 2 N–H and O–H groups in total. The Labute approximate surface area is 165 Å². The molecule has 0 fully saturated rings. The molecule has 0 aliphatic heterocycles. The van der Waals surface area contributed by atoms with Crippen LogP contribution in [0.3, 0.4) is 0 Å². The number of hydrogen-bond acceptors (Lipinski definition) is 2. The van der Waals surface area contributed by atoms with Crippen LogP contribution in [0.15, 0.2) is 66.2 Å². The van der Waals surface area contributed by atoms with Crippen LogP contribution in [0.2, 0.25) is 0 Å². The Morgan fingerprint density at radius 2 is 1.96 bits per heavy atom. The SMILES string of the molecule is CCNC(=NCc1cccc(Cn2ccnc2)c1)NCc1ccc(F)c(C)c1. The fourth-order valence-corrected chi connectivity index (χ4v) is 2.93. The number of imidazole rings is 1. The van der Waals surface area contributed by atoms with Crippen LogP contribution in [0, 0.1) is 12.7 Å². The molecule has 5 nitrogen and oxygen atoms in total. The maximum Gasteiger partial charge on any atom is 0.191 e. The molecule has 3 aromatic rings. The zero-order valence-electron chi connectivity index (χ0n) is 16.3. The topological polar surface area (TPSA) is 54.2 Å². The summed E-state index contributed by atoms with van der Waals surface area (Å²) < 4.78 is 15.5. The van der Waals surface area contributed by atoms with Crippen LogP contribution in [0.4, 0.5) is 4.39 Å². The lowest BCUT2D eigenvalue weighted by Gasteiger charge is -2.12. The number of benzene rings is 2. The Hall–Kier alpha value is -3.15. The van der Waals surface area contributed by atoms with Crippen LogP contribution < -0.4 is 10.6 Å². The maximum atomic E-state index is 13.4. The molecule has 0 amide bonds. The summed E-state index contributed by atoms with van der Waals surface area (Å²) in [5, 5.41) is 6.56. The van der Waals surface area contributed by atoms with Crippen LogP contribution in [0.25, 0.3) is 0 Å². The minimum absolute atomic E-state index is 0.181. The van der Waals surface area contributed by atoms with Gasteiger partial charge in [-0.15, -0.1) is 0 Å². The van der Waals surface area contributed by atoms with Gasteiger partial charge in [-0.1, -0.05) is 36.4 Å². The standard InChI is InChI=1S/C22H26FN5/c1-3-25-22(27-14-19-7-8-21(23)17(2)11-19)26-13-18-5-4-6-20(12-18)15-28-10-9-24-16-28/h4-12,16H,3,13-15H2,1-2H3,(H2,25,26,27). The number of halogens is 1. The van der Waals surface area contributed by atoms with E-state index in [9.17, 15) is 4.39 Å². The predicted molar refractivity (Wildman–Crippen MR) is 111 cm³/mol. The number of nitrogens with zero attached hydrogens (tertiary/aromatic N) is 3. The van der Waals surface area contributed by atoms with Gasteiger partial charge in [-0.3, -0.25) is 0 Å². The van der Waals surface area contributed by atoms with E-state index in [-0.39, 0.29) is 5.82 Å². The third-order valence-electron chi connectivity index (χ3n) is 4.36. The van der Waals surface area contributed by atoms with Crippen molar-refractivity contribution in [2.24, 2.45) is 4.99 Å². The highest BCUT2D eigenvalue weighted by Gasteiger charge is 2.02. The molecule has 2 aromatic carbocycles. The van der Waals surface area contributed by atoms with E-state index in [4.69, 9.17) is 0 Å². The first-order chi connectivity index (χ1) is 13.6. The molecule has 28 heavy (non-hydrogen) atoms. The van der Waals surface area contributed by atoms with Gasteiger partial charge in [-0.2, -0.15) is 0 Å². The fraction of sp³-hybridized carbons (Fsp3) is 0.273. The molecular weight excluding hydrogens is 353 g/mol. The normalized spacial score (nSPS) is 11.5. The third-order valence-corrected chi connectivity index (χ3v) is 4.36. The third kappa shape index (κ3) is 5.67. The molecule has 0 atom stereocenters. The van der Waals surface area contributed by atoms with Gasteiger partial charge in [0.2, 0.25) is 0 Å².